The number of methoxy groups -OCH3 is 1. The first kappa shape index (κ1) is 22.4. The molecule has 164 valence electrons. The molecule has 0 heterocycles. The monoisotopic (exact) mass is 454 g/mol. The third-order valence-electron chi connectivity index (χ3n) is 5.64. The fourth-order valence-corrected chi connectivity index (χ4v) is 3.93. The van der Waals surface area contributed by atoms with Crippen molar-refractivity contribution in [3.8, 4) is 11.1 Å². The lowest BCUT2D eigenvalue weighted by Gasteiger charge is -2.10. The highest BCUT2D eigenvalue weighted by atomic mass is 35.5. The Morgan fingerprint density at radius 2 is 1.41 bits per heavy atom. The van der Waals surface area contributed by atoms with Crippen molar-refractivity contribution < 1.29 is 17.9 Å². The Morgan fingerprint density at radius 3 is 2.09 bits per heavy atom. The molecule has 0 bridgehead atoms. The Labute approximate surface area is 190 Å². The Hall–Kier alpha value is -2.82. The smallest absolute Gasteiger partial charge is 0.145 e. The number of fused-ring (bicyclic) bond motifs is 1. The van der Waals surface area contributed by atoms with Crippen LogP contribution >= 0.6 is 11.6 Å². The molecule has 0 amide bonds. The van der Waals surface area contributed by atoms with Gasteiger partial charge in [0.1, 0.15) is 22.5 Å². The van der Waals surface area contributed by atoms with E-state index in [2.05, 4.69) is 24.3 Å². The van der Waals surface area contributed by atoms with Gasteiger partial charge in [0.05, 0.1) is 6.61 Å². The molecule has 0 fully saturated rings. The summed E-state index contributed by atoms with van der Waals surface area (Å²) in [4.78, 5) is 0. The molecule has 0 aliphatic heterocycles. The number of hydrogen-bond donors (Lipinski definition) is 0. The first-order chi connectivity index (χ1) is 15.5. The minimum absolute atomic E-state index is 0.306. The maximum absolute atomic E-state index is 15.1. The minimum atomic E-state index is -0.806. The summed E-state index contributed by atoms with van der Waals surface area (Å²) in [6.07, 6.45) is 1.49. The fourth-order valence-electron chi connectivity index (χ4n) is 3.82. The summed E-state index contributed by atoms with van der Waals surface area (Å²) in [5.74, 6) is -1.92. The molecule has 0 aliphatic carbocycles. The summed E-state index contributed by atoms with van der Waals surface area (Å²) in [6.45, 7) is 0.679. The Balaban J connectivity index is 1.54. The SMILES string of the molecule is COCCc1ccc(-c2ccc3c(F)c(CCc4cc(F)c(Cl)c(F)c4)ccc3c2)cc1. The van der Waals surface area contributed by atoms with Gasteiger partial charge in [0.2, 0.25) is 0 Å². The summed E-state index contributed by atoms with van der Waals surface area (Å²) in [7, 11) is 1.69. The number of benzene rings is 4. The van der Waals surface area contributed by atoms with Gasteiger partial charge in [-0.3, -0.25) is 0 Å². The first-order valence-electron chi connectivity index (χ1n) is 10.4. The van der Waals surface area contributed by atoms with E-state index >= 15 is 4.39 Å². The van der Waals surface area contributed by atoms with Gasteiger partial charge in [0.25, 0.3) is 0 Å². The normalized spacial score (nSPS) is 11.3. The number of aryl methyl sites for hydroxylation is 2. The predicted molar refractivity (Wildman–Crippen MR) is 124 cm³/mol. The molecule has 0 aliphatic rings. The summed E-state index contributed by atoms with van der Waals surface area (Å²) in [5, 5.41) is 0.804. The quantitative estimate of drug-likeness (QED) is 0.262. The average molecular weight is 455 g/mol. The molecule has 0 unspecified atom stereocenters. The summed E-state index contributed by atoms with van der Waals surface area (Å²) in [5.41, 5.74) is 4.21. The number of ether oxygens (including phenoxy) is 1. The van der Waals surface area contributed by atoms with Gasteiger partial charge in [-0.25, -0.2) is 13.2 Å². The summed E-state index contributed by atoms with van der Waals surface area (Å²) in [6, 6.07) is 19.9. The van der Waals surface area contributed by atoms with Crippen molar-refractivity contribution in [1.82, 2.24) is 0 Å². The lowest BCUT2D eigenvalue weighted by atomic mass is 9.96. The Bertz CT molecular complexity index is 1230. The van der Waals surface area contributed by atoms with Crippen LogP contribution in [0.3, 0.4) is 0 Å². The van der Waals surface area contributed by atoms with Gasteiger partial charge in [0, 0.05) is 12.5 Å². The van der Waals surface area contributed by atoms with Gasteiger partial charge in [0.15, 0.2) is 0 Å². The van der Waals surface area contributed by atoms with E-state index in [-0.39, 0.29) is 5.82 Å². The van der Waals surface area contributed by atoms with Gasteiger partial charge >= 0.3 is 0 Å². The van der Waals surface area contributed by atoms with Crippen molar-refractivity contribution in [2.45, 2.75) is 19.3 Å². The van der Waals surface area contributed by atoms with Crippen LogP contribution in [0.1, 0.15) is 16.7 Å². The second-order valence-corrected chi connectivity index (χ2v) is 8.17. The molecule has 0 spiro atoms. The average Bonchev–Trinajstić information content (AvgIpc) is 2.81. The molecule has 0 atom stereocenters. The van der Waals surface area contributed by atoms with Gasteiger partial charge in [-0.15, -0.1) is 0 Å². The van der Waals surface area contributed by atoms with Crippen LogP contribution in [0.2, 0.25) is 5.02 Å². The molecule has 4 aromatic rings. The van der Waals surface area contributed by atoms with Crippen LogP contribution in [0.4, 0.5) is 13.2 Å². The highest BCUT2D eigenvalue weighted by Gasteiger charge is 2.12. The lowest BCUT2D eigenvalue weighted by Crippen LogP contribution is -1.98. The molecule has 4 aromatic carbocycles. The van der Waals surface area contributed by atoms with E-state index in [4.69, 9.17) is 16.3 Å². The molecule has 0 radical (unpaired) electrons. The first-order valence-corrected chi connectivity index (χ1v) is 10.8. The van der Waals surface area contributed by atoms with Crippen molar-refractivity contribution in [2.75, 3.05) is 13.7 Å². The Morgan fingerprint density at radius 1 is 0.719 bits per heavy atom. The van der Waals surface area contributed by atoms with Gasteiger partial charge in [-0.2, -0.15) is 0 Å². The largest absolute Gasteiger partial charge is 0.384 e. The zero-order chi connectivity index (χ0) is 22.7. The second kappa shape index (κ2) is 9.76. The van der Waals surface area contributed by atoms with Crippen LogP contribution in [0.25, 0.3) is 21.9 Å². The standard InChI is InChI=1S/C27H22ClF3O/c1-32-13-12-17-2-5-19(6-3-17)21-10-11-23-22(16-21)9-8-20(27(23)31)7-4-18-14-24(29)26(28)25(30)15-18/h2-3,5-6,8-11,14-16H,4,7,12-13H2,1H3. The second-order valence-electron chi connectivity index (χ2n) is 7.79. The van der Waals surface area contributed by atoms with Crippen molar-refractivity contribution in [2.24, 2.45) is 0 Å². The fraction of sp³-hybridized carbons (Fsp3) is 0.185. The highest BCUT2D eigenvalue weighted by molar-refractivity contribution is 6.30. The van der Waals surface area contributed by atoms with E-state index in [9.17, 15) is 8.78 Å². The molecule has 5 heteroatoms. The third kappa shape index (κ3) is 4.82. The van der Waals surface area contributed by atoms with Gasteiger partial charge in [-0.05, 0) is 70.7 Å². The van der Waals surface area contributed by atoms with Gasteiger partial charge in [-0.1, -0.05) is 60.1 Å². The van der Waals surface area contributed by atoms with Gasteiger partial charge < -0.3 is 4.74 Å². The molecular formula is C27H22ClF3O. The molecule has 0 saturated heterocycles. The molecule has 0 saturated carbocycles. The lowest BCUT2D eigenvalue weighted by molar-refractivity contribution is 0.202. The van der Waals surface area contributed by atoms with E-state index in [1.54, 1.807) is 19.2 Å². The molecule has 4 rings (SSSR count). The van der Waals surface area contributed by atoms with Crippen LogP contribution < -0.4 is 0 Å². The molecule has 0 N–H and O–H groups in total. The van der Waals surface area contributed by atoms with E-state index in [1.807, 2.05) is 18.2 Å². The van der Waals surface area contributed by atoms with Crippen molar-refractivity contribution in [1.29, 1.82) is 0 Å². The van der Waals surface area contributed by atoms with Crippen LogP contribution in [0, 0.1) is 17.5 Å². The number of halogens is 4. The molecule has 0 aromatic heterocycles. The third-order valence-corrected chi connectivity index (χ3v) is 6.00. The van der Waals surface area contributed by atoms with Crippen LogP contribution in [-0.2, 0) is 24.0 Å². The molecule has 1 nitrogen and oxygen atoms in total. The van der Waals surface area contributed by atoms with E-state index in [0.717, 1.165) is 22.9 Å². The van der Waals surface area contributed by atoms with E-state index in [0.29, 0.717) is 36.0 Å². The van der Waals surface area contributed by atoms with Crippen molar-refractivity contribution in [3.63, 3.8) is 0 Å². The zero-order valence-electron chi connectivity index (χ0n) is 17.6. The molecule has 32 heavy (non-hydrogen) atoms. The number of rotatable bonds is 7. The molecular weight excluding hydrogens is 433 g/mol. The van der Waals surface area contributed by atoms with Crippen LogP contribution in [-0.4, -0.2) is 13.7 Å². The minimum Gasteiger partial charge on any atom is -0.384 e. The maximum Gasteiger partial charge on any atom is 0.145 e. The zero-order valence-corrected chi connectivity index (χ0v) is 18.4. The van der Waals surface area contributed by atoms with E-state index in [1.165, 1.54) is 17.7 Å². The maximum atomic E-state index is 15.1. The Kier molecular flexibility index (Phi) is 6.83. The van der Waals surface area contributed by atoms with Crippen LogP contribution in [0.15, 0.2) is 66.7 Å². The predicted octanol–water partition coefficient (Wildman–Crippen LogP) is 7.55. The van der Waals surface area contributed by atoms with Crippen LogP contribution in [0.5, 0.6) is 0 Å². The van der Waals surface area contributed by atoms with E-state index < -0.39 is 16.7 Å². The highest BCUT2D eigenvalue weighted by Crippen LogP contribution is 2.29. The summed E-state index contributed by atoms with van der Waals surface area (Å²) >= 11 is 5.53. The van der Waals surface area contributed by atoms with Crippen molar-refractivity contribution in [3.05, 3.63) is 106 Å². The summed E-state index contributed by atoms with van der Waals surface area (Å²) < 4.78 is 47.5. The number of hydrogen-bond acceptors (Lipinski definition) is 1. The van der Waals surface area contributed by atoms with Crippen molar-refractivity contribution >= 4 is 22.4 Å². The topological polar surface area (TPSA) is 9.23 Å².